The van der Waals surface area contributed by atoms with Crippen LogP contribution in [0.25, 0.3) is 0 Å². The topological polar surface area (TPSA) is 29.5 Å². The molecule has 0 fully saturated rings. The van der Waals surface area contributed by atoms with Gasteiger partial charge in [0.1, 0.15) is 5.60 Å². The van der Waals surface area contributed by atoms with E-state index in [1.54, 1.807) is 13.0 Å². The Morgan fingerprint density at radius 1 is 1.50 bits per heavy atom. The van der Waals surface area contributed by atoms with E-state index in [4.69, 9.17) is 4.74 Å². The van der Waals surface area contributed by atoms with Gasteiger partial charge < -0.3 is 9.84 Å². The molecule has 86 valence electrons. The van der Waals surface area contributed by atoms with Crippen molar-refractivity contribution in [2.75, 3.05) is 7.11 Å². The lowest BCUT2D eigenvalue weighted by Crippen LogP contribution is -2.19. The molecule has 1 unspecified atom stereocenters. The molecule has 1 N–H and O–H groups in total. The van der Waals surface area contributed by atoms with Gasteiger partial charge in [-0.15, -0.1) is 0 Å². The molecule has 0 aromatic heterocycles. The third kappa shape index (κ3) is 3.25. The zero-order valence-electron chi connectivity index (χ0n) is 9.67. The maximum absolute atomic E-state index is 13.3. The lowest BCUT2D eigenvalue weighted by atomic mass is 10.0. The van der Waals surface area contributed by atoms with E-state index in [1.807, 2.05) is 6.92 Å². The molecule has 1 atom stereocenters. The maximum Gasteiger partial charge on any atom is 0.166 e. The van der Waals surface area contributed by atoms with Crippen molar-refractivity contribution in [1.29, 1.82) is 0 Å². The highest BCUT2D eigenvalue weighted by atomic mass is 19.1. The van der Waals surface area contributed by atoms with E-state index < -0.39 is 11.4 Å². The summed E-state index contributed by atoms with van der Waals surface area (Å²) in [7, 11) is 1.41. The average Bonchev–Trinajstić information content (AvgIpc) is 2.27. The molecule has 0 radical (unpaired) electrons. The summed E-state index contributed by atoms with van der Waals surface area (Å²) in [4.78, 5) is 0. The number of hydrogen-bond donors (Lipinski definition) is 1. The number of aliphatic hydroxyl groups is 1. The molecule has 0 heterocycles. The summed E-state index contributed by atoms with van der Waals surface area (Å²) in [5.74, 6) is 5.15. The number of hydrogen-bond acceptors (Lipinski definition) is 2. The SMILES string of the molecule is CCC(C)(O)C#Cc1ccc(OC)c(F)c1. The number of benzene rings is 1. The minimum atomic E-state index is -1.03. The first-order valence-corrected chi connectivity index (χ1v) is 5.07. The number of halogens is 1. The highest BCUT2D eigenvalue weighted by molar-refractivity contribution is 5.40. The summed E-state index contributed by atoms with van der Waals surface area (Å²) in [6.45, 7) is 3.46. The van der Waals surface area contributed by atoms with Gasteiger partial charge in [-0.1, -0.05) is 18.8 Å². The minimum Gasteiger partial charge on any atom is -0.494 e. The van der Waals surface area contributed by atoms with Crippen LogP contribution in [0.15, 0.2) is 18.2 Å². The Kier molecular flexibility index (Phi) is 3.92. The molecule has 1 rings (SSSR count). The predicted molar refractivity (Wildman–Crippen MR) is 60.7 cm³/mol. The van der Waals surface area contributed by atoms with E-state index in [-0.39, 0.29) is 5.75 Å². The van der Waals surface area contributed by atoms with Crippen LogP contribution < -0.4 is 4.74 Å². The molecule has 1 aromatic carbocycles. The molecule has 0 amide bonds. The molecular weight excluding hydrogens is 207 g/mol. The molecule has 0 aliphatic heterocycles. The molecule has 0 bridgehead atoms. The fourth-order valence-electron chi connectivity index (χ4n) is 1.04. The van der Waals surface area contributed by atoms with E-state index in [0.717, 1.165) is 0 Å². The summed E-state index contributed by atoms with van der Waals surface area (Å²) in [5, 5.41) is 9.66. The molecule has 0 aliphatic rings. The Labute approximate surface area is 95.1 Å². The van der Waals surface area contributed by atoms with Gasteiger partial charge in [-0.05, 0) is 31.5 Å². The van der Waals surface area contributed by atoms with E-state index in [0.29, 0.717) is 12.0 Å². The van der Waals surface area contributed by atoms with Crippen molar-refractivity contribution in [1.82, 2.24) is 0 Å². The predicted octanol–water partition coefficient (Wildman–Crippen LogP) is 2.35. The second-order valence-electron chi connectivity index (χ2n) is 3.73. The van der Waals surface area contributed by atoms with Crippen molar-refractivity contribution >= 4 is 0 Å². The van der Waals surface area contributed by atoms with Gasteiger partial charge in [0.25, 0.3) is 0 Å². The summed E-state index contributed by atoms with van der Waals surface area (Å²) in [6, 6.07) is 4.46. The lowest BCUT2D eigenvalue weighted by Gasteiger charge is -2.11. The molecule has 0 aliphatic carbocycles. The van der Waals surface area contributed by atoms with Crippen LogP contribution in [-0.2, 0) is 0 Å². The van der Waals surface area contributed by atoms with Crippen molar-refractivity contribution in [3.05, 3.63) is 29.6 Å². The standard InChI is InChI=1S/C13H15FO2/c1-4-13(2,15)8-7-10-5-6-12(16-3)11(14)9-10/h5-6,9,15H,4H2,1-3H3. The van der Waals surface area contributed by atoms with E-state index in [9.17, 15) is 9.50 Å². The van der Waals surface area contributed by atoms with Crippen molar-refractivity contribution in [3.8, 4) is 17.6 Å². The van der Waals surface area contributed by atoms with E-state index in [2.05, 4.69) is 11.8 Å². The van der Waals surface area contributed by atoms with Gasteiger partial charge >= 0.3 is 0 Å². The Bertz CT molecular complexity index is 427. The average molecular weight is 222 g/mol. The fourth-order valence-corrected chi connectivity index (χ4v) is 1.04. The van der Waals surface area contributed by atoms with Gasteiger partial charge in [0.2, 0.25) is 0 Å². The Balaban J connectivity index is 2.95. The summed E-state index contributed by atoms with van der Waals surface area (Å²) >= 11 is 0. The van der Waals surface area contributed by atoms with E-state index >= 15 is 0 Å². The van der Waals surface area contributed by atoms with Crippen LogP contribution in [0.5, 0.6) is 5.75 Å². The first-order chi connectivity index (χ1) is 7.48. The quantitative estimate of drug-likeness (QED) is 0.778. The van der Waals surface area contributed by atoms with Crippen molar-refractivity contribution in [3.63, 3.8) is 0 Å². The number of rotatable bonds is 2. The largest absolute Gasteiger partial charge is 0.494 e. The summed E-state index contributed by atoms with van der Waals surface area (Å²) in [5.41, 5.74) is -0.511. The van der Waals surface area contributed by atoms with Crippen molar-refractivity contribution < 1.29 is 14.2 Å². The van der Waals surface area contributed by atoms with E-state index in [1.165, 1.54) is 19.2 Å². The zero-order chi connectivity index (χ0) is 12.2. The highest BCUT2D eigenvalue weighted by Crippen LogP contribution is 2.17. The highest BCUT2D eigenvalue weighted by Gasteiger charge is 2.12. The maximum atomic E-state index is 13.3. The lowest BCUT2D eigenvalue weighted by molar-refractivity contribution is 0.118. The molecule has 0 saturated heterocycles. The van der Waals surface area contributed by atoms with Gasteiger partial charge in [0.05, 0.1) is 7.11 Å². The zero-order valence-corrected chi connectivity index (χ0v) is 9.67. The smallest absolute Gasteiger partial charge is 0.166 e. The fraction of sp³-hybridized carbons (Fsp3) is 0.385. The van der Waals surface area contributed by atoms with Gasteiger partial charge in [0, 0.05) is 5.56 Å². The van der Waals surface area contributed by atoms with Crippen molar-refractivity contribution in [2.45, 2.75) is 25.9 Å². The van der Waals surface area contributed by atoms with Crippen LogP contribution in [0.3, 0.4) is 0 Å². The molecule has 16 heavy (non-hydrogen) atoms. The molecule has 3 heteroatoms. The van der Waals surface area contributed by atoms with Crippen LogP contribution in [-0.4, -0.2) is 17.8 Å². The Hall–Kier alpha value is -1.53. The first kappa shape index (κ1) is 12.5. The van der Waals surface area contributed by atoms with Crippen LogP contribution >= 0.6 is 0 Å². The first-order valence-electron chi connectivity index (χ1n) is 5.07. The number of ether oxygens (including phenoxy) is 1. The third-order valence-corrected chi connectivity index (χ3v) is 2.32. The molecule has 2 nitrogen and oxygen atoms in total. The van der Waals surface area contributed by atoms with Gasteiger partial charge in [-0.25, -0.2) is 4.39 Å². The molecule has 1 aromatic rings. The Morgan fingerprint density at radius 3 is 2.69 bits per heavy atom. The van der Waals surface area contributed by atoms with Crippen LogP contribution in [0.1, 0.15) is 25.8 Å². The number of methoxy groups -OCH3 is 1. The summed E-state index contributed by atoms with van der Waals surface area (Å²) < 4.78 is 18.1. The van der Waals surface area contributed by atoms with Gasteiger partial charge in [0.15, 0.2) is 11.6 Å². The molecule has 0 spiro atoms. The molecular formula is C13H15FO2. The minimum absolute atomic E-state index is 0.188. The van der Waals surface area contributed by atoms with Gasteiger partial charge in [-0.3, -0.25) is 0 Å². The van der Waals surface area contributed by atoms with Crippen molar-refractivity contribution in [2.24, 2.45) is 0 Å². The van der Waals surface area contributed by atoms with Crippen LogP contribution in [0, 0.1) is 17.7 Å². The third-order valence-electron chi connectivity index (χ3n) is 2.32. The second kappa shape index (κ2) is 5.00. The summed E-state index contributed by atoms with van der Waals surface area (Å²) in [6.07, 6.45) is 0.526. The van der Waals surface area contributed by atoms with Gasteiger partial charge in [-0.2, -0.15) is 0 Å². The normalized spacial score (nSPS) is 13.6. The second-order valence-corrected chi connectivity index (χ2v) is 3.73. The Morgan fingerprint density at radius 2 is 2.19 bits per heavy atom. The molecule has 0 saturated carbocycles. The van der Waals surface area contributed by atoms with Crippen LogP contribution in [0.2, 0.25) is 0 Å². The van der Waals surface area contributed by atoms with Crippen LogP contribution in [0.4, 0.5) is 4.39 Å². The monoisotopic (exact) mass is 222 g/mol.